The largest absolute Gasteiger partial charge is 0.493 e. The van der Waals surface area contributed by atoms with E-state index in [0.717, 1.165) is 24.0 Å². The normalized spacial score (nSPS) is 19.9. The Morgan fingerprint density at radius 3 is 2.55 bits per heavy atom. The van der Waals surface area contributed by atoms with Gasteiger partial charge in [0.25, 0.3) is 0 Å². The predicted molar refractivity (Wildman–Crippen MR) is 117 cm³/mol. The maximum Gasteiger partial charge on any atom is 0.237 e. The van der Waals surface area contributed by atoms with E-state index in [-0.39, 0.29) is 23.8 Å². The van der Waals surface area contributed by atoms with Crippen LogP contribution in [0.3, 0.4) is 0 Å². The van der Waals surface area contributed by atoms with E-state index in [1.165, 1.54) is 0 Å². The van der Waals surface area contributed by atoms with Crippen molar-refractivity contribution in [1.82, 2.24) is 15.5 Å². The third-order valence-electron chi connectivity index (χ3n) is 6.11. The number of hydrogen-bond acceptors (Lipinski definition) is 5. The predicted octanol–water partition coefficient (Wildman–Crippen LogP) is 2.20. The molecule has 1 unspecified atom stereocenters. The van der Waals surface area contributed by atoms with Crippen LogP contribution in [0, 0.1) is 0 Å². The molecule has 0 aromatic heterocycles. The Morgan fingerprint density at radius 1 is 1.13 bits per heavy atom. The molecule has 164 valence electrons. The molecular formula is C24H29N3O4. The fraction of sp³-hybridized carbons (Fsp3) is 0.417. The summed E-state index contributed by atoms with van der Waals surface area (Å²) in [7, 11) is 3.20. The molecule has 2 amide bonds. The van der Waals surface area contributed by atoms with Crippen molar-refractivity contribution in [2.45, 2.75) is 37.4 Å². The van der Waals surface area contributed by atoms with Gasteiger partial charge in [0.05, 0.1) is 32.2 Å². The van der Waals surface area contributed by atoms with Crippen LogP contribution < -0.4 is 20.1 Å². The van der Waals surface area contributed by atoms with E-state index in [1.807, 2.05) is 48.5 Å². The maximum atomic E-state index is 12.9. The lowest BCUT2D eigenvalue weighted by Crippen LogP contribution is -2.56. The van der Waals surface area contributed by atoms with Gasteiger partial charge in [-0.2, -0.15) is 0 Å². The van der Waals surface area contributed by atoms with E-state index in [2.05, 4.69) is 15.5 Å². The van der Waals surface area contributed by atoms with Crippen molar-refractivity contribution in [1.29, 1.82) is 0 Å². The van der Waals surface area contributed by atoms with Crippen LogP contribution in [0.2, 0.25) is 0 Å². The quantitative estimate of drug-likeness (QED) is 0.681. The summed E-state index contributed by atoms with van der Waals surface area (Å²) in [4.78, 5) is 27.6. The molecule has 1 aliphatic carbocycles. The number of nitrogens with zero attached hydrogens (tertiary/aromatic N) is 1. The first-order valence-electron chi connectivity index (χ1n) is 10.6. The van der Waals surface area contributed by atoms with Crippen molar-refractivity contribution in [3.63, 3.8) is 0 Å². The molecule has 1 saturated carbocycles. The average Bonchev–Trinajstić information content (AvgIpc) is 3.57. The molecule has 2 fully saturated rings. The Kier molecular flexibility index (Phi) is 6.13. The van der Waals surface area contributed by atoms with Gasteiger partial charge in [0.1, 0.15) is 0 Å². The van der Waals surface area contributed by atoms with Crippen LogP contribution in [0.1, 0.15) is 30.4 Å². The van der Waals surface area contributed by atoms with Crippen LogP contribution in [-0.4, -0.2) is 50.1 Å². The van der Waals surface area contributed by atoms with Gasteiger partial charge < -0.3 is 20.1 Å². The van der Waals surface area contributed by atoms with Gasteiger partial charge in [-0.15, -0.1) is 0 Å². The first kappa shape index (κ1) is 21.2. The number of carbonyl (C=O) groups is 2. The summed E-state index contributed by atoms with van der Waals surface area (Å²) in [6.45, 7) is 1.80. The van der Waals surface area contributed by atoms with E-state index < -0.39 is 6.04 Å². The summed E-state index contributed by atoms with van der Waals surface area (Å²) in [5.74, 6) is 1.11. The second kappa shape index (κ2) is 8.98. The van der Waals surface area contributed by atoms with Crippen molar-refractivity contribution >= 4 is 11.8 Å². The lowest BCUT2D eigenvalue weighted by atomic mass is 10.0. The van der Waals surface area contributed by atoms with Crippen LogP contribution in [0.15, 0.2) is 48.5 Å². The Labute approximate surface area is 182 Å². The Morgan fingerprint density at radius 2 is 1.87 bits per heavy atom. The molecule has 2 aromatic carbocycles. The van der Waals surface area contributed by atoms with Crippen molar-refractivity contribution in [2.24, 2.45) is 0 Å². The lowest BCUT2D eigenvalue weighted by Gasteiger charge is -2.35. The van der Waals surface area contributed by atoms with Gasteiger partial charge >= 0.3 is 0 Å². The zero-order valence-corrected chi connectivity index (χ0v) is 18.0. The van der Waals surface area contributed by atoms with Crippen molar-refractivity contribution in [2.75, 3.05) is 27.3 Å². The molecule has 0 bridgehead atoms. The monoisotopic (exact) mass is 423 g/mol. The summed E-state index contributed by atoms with van der Waals surface area (Å²) >= 11 is 0. The lowest BCUT2D eigenvalue weighted by molar-refractivity contribution is -0.134. The fourth-order valence-electron chi connectivity index (χ4n) is 4.25. The van der Waals surface area contributed by atoms with Gasteiger partial charge in [-0.1, -0.05) is 36.4 Å². The number of rotatable bonds is 8. The minimum absolute atomic E-state index is 0.0966. The summed E-state index contributed by atoms with van der Waals surface area (Å²) in [5.41, 5.74) is 1.84. The number of benzene rings is 2. The molecule has 1 saturated heterocycles. The number of nitrogens with one attached hydrogen (secondary N) is 2. The average molecular weight is 424 g/mol. The number of carbonyl (C=O) groups excluding carboxylic acids is 2. The summed E-state index contributed by atoms with van der Waals surface area (Å²) in [6, 6.07) is 15.3. The van der Waals surface area contributed by atoms with Gasteiger partial charge in [0, 0.05) is 19.6 Å². The molecule has 2 aromatic rings. The number of methoxy groups -OCH3 is 2. The van der Waals surface area contributed by atoms with Crippen LogP contribution in [0.25, 0.3) is 0 Å². The number of ether oxygens (including phenoxy) is 2. The van der Waals surface area contributed by atoms with E-state index >= 15 is 0 Å². The van der Waals surface area contributed by atoms with Crippen molar-refractivity contribution in [3.8, 4) is 11.5 Å². The summed E-state index contributed by atoms with van der Waals surface area (Å²) in [6.07, 6.45) is 1.98. The molecule has 2 aliphatic rings. The highest BCUT2D eigenvalue weighted by Crippen LogP contribution is 2.45. The van der Waals surface area contributed by atoms with Gasteiger partial charge in [-0.05, 0) is 36.1 Å². The Hall–Kier alpha value is -3.06. The van der Waals surface area contributed by atoms with Crippen molar-refractivity contribution in [3.05, 3.63) is 59.7 Å². The second-order valence-corrected chi connectivity index (χ2v) is 8.17. The van der Waals surface area contributed by atoms with Crippen molar-refractivity contribution < 1.29 is 19.1 Å². The Bertz CT molecular complexity index is 943. The molecule has 7 nitrogen and oxygen atoms in total. The second-order valence-electron chi connectivity index (χ2n) is 8.17. The smallest absolute Gasteiger partial charge is 0.237 e. The molecule has 0 spiro atoms. The minimum atomic E-state index is -0.506. The topological polar surface area (TPSA) is 79.9 Å². The molecule has 4 rings (SSSR count). The first-order chi connectivity index (χ1) is 15.0. The third kappa shape index (κ3) is 4.66. The molecule has 0 radical (unpaired) electrons. The van der Waals surface area contributed by atoms with E-state index in [4.69, 9.17) is 9.47 Å². The van der Waals surface area contributed by atoms with Crippen LogP contribution >= 0.6 is 0 Å². The maximum absolute atomic E-state index is 12.9. The summed E-state index contributed by atoms with van der Waals surface area (Å²) < 4.78 is 10.7. The molecule has 2 N–H and O–H groups in total. The van der Waals surface area contributed by atoms with Gasteiger partial charge in [-0.3, -0.25) is 14.5 Å². The molecule has 1 heterocycles. The minimum Gasteiger partial charge on any atom is -0.493 e. The zero-order chi connectivity index (χ0) is 21.8. The van der Waals surface area contributed by atoms with Gasteiger partial charge in [0.15, 0.2) is 11.5 Å². The fourth-order valence-corrected chi connectivity index (χ4v) is 4.25. The third-order valence-corrected chi connectivity index (χ3v) is 6.11. The highest BCUT2D eigenvalue weighted by Gasteiger charge is 2.46. The zero-order valence-electron chi connectivity index (χ0n) is 18.0. The van der Waals surface area contributed by atoms with Crippen LogP contribution in [0.4, 0.5) is 0 Å². The van der Waals surface area contributed by atoms with E-state index in [0.29, 0.717) is 31.1 Å². The Balaban J connectivity index is 1.44. The first-order valence-corrected chi connectivity index (χ1v) is 10.6. The van der Waals surface area contributed by atoms with Crippen LogP contribution in [0.5, 0.6) is 11.5 Å². The molecule has 31 heavy (non-hydrogen) atoms. The highest BCUT2D eigenvalue weighted by atomic mass is 16.5. The molecular weight excluding hydrogens is 394 g/mol. The number of hydrogen-bond donors (Lipinski definition) is 2. The van der Waals surface area contributed by atoms with Gasteiger partial charge in [0.2, 0.25) is 11.8 Å². The van der Waals surface area contributed by atoms with Gasteiger partial charge in [-0.25, -0.2) is 0 Å². The number of piperazine rings is 1. The summed E-state index contributed by atoms with van der Waals surface area (Å²) in [5, 5.41) is 6.09. The van der Waals surface area contributed by atoms with E-state index in [1.54, 1.807) is 14.2 Å². The molecule has 7 heteroatoms. The molecule has 1 atom stereocenters. The SMILES string of the molecule is COc1ccc(CN2CCNC(=O)C2CC(=O)NC2(c3ccccc3)CC2)cc1OC. The van der Waals surface area contributed by atoms with Crippen LogP contribution in [-0.2, 0) is 21.7 Å². The standard InChI is InChI=1S/C24H29N3O4/c1-30-20-9-8-17(14-21(20)31-2)16-27-13-12-25-23(29)19(27)15-22(28)26-24(10-11-24)18-6-4-3-5-7-18/h3-9,14,19H,10-13,15-16H2,1-2H3,(H,25,29)(H,26,28). The van der Waals surface area contributed by atoms with E-state index in [9.17, 15) is 9.59 Å². The molecule has 1 aliphatic heterocycles. The number of amides is 2. The highest BCUT2D eigenvalue weighted by molar-refractivity contribution is 5.89.